The number of aromatic hydroxyl groups is 1. The molecule has 1 N–H and O–H groups in total. The van der Waals surface area contributed by atoms with Gasteiger partial charge in [0.1, 0.15) is 5.75 Å². The summed E-state index contributed by atoms with van der Waals surface area (Å²) in [7, 11) is 2.26. The first-order valence-electron chi connectivity index (χ1n) is 13.2. The van der Waals surface area contributed by atoms with Crippen LogP contribution in [-0.2, 0) is 23.2 Å². The van der Waals surface area contributed by atoms with E-state index in [2.05, 4.69) is 67.1 Å². The topological polar surface area (TPSA) is 43.8 Å². The lowest BCUT2D eigenvalue weighted by Crippen LogP contribution is -2.59. The molecule has 0 aromatic heterocycles. The first-order chi connectivity index (χ1) is 16.4. The summed E-state index contributed by atoms with van der Waals surface area (Å²) in [6.45, 7) is 7.61. The van der Waals surface area contributed by atoms with Crippen LogP contribution in [0.2, 0.25) is 0 Å². The maximum atomic E-state index is 12.5. The zero-order chi connectivity index (χ0) is 23.9. The largest absolute Gasteiger partial charge is 0.508 e. The summed E-state index contributed by atoms with van der Waals surface area (Å²) in [5, 5.41) is 10.6. The predicted octanol–water partition coefficient (Wildman–Crippen LogP) is 5.38. The van der Waals surface area contributed by atoms with Crippen LogP contribution in [0.4, 0.5) is 0 Å². The molecule has 5 unspecified atom stereocenters. The molecule has 2 aromatic carbocycles. The molecule has 0 heterocycles. The first-order valence-corrected chi connectivity index (χ1v) is 13.2. The Labute approximate surface area is 205 Å². The van der Waals surface area contributed by atoms with Crippen LogP contribution < -0.4 is 0 Å². The molecule has 3 aliphatic rings. The van der Waals surface area contributed by atoms with E-state index in [0.717, 1.165) is 51.6 Å². The highest BCUT2D eigenvalue weighted by atomic mass is 16.3. The van der Waals surface area contributed by atoms with Gasteiger partial charge in [-0.15, -0.1) is 0 Å². The second-order valence-electron chi connectivity index (χ2n) is 11.4. The van der Waals surface area contributed by atoms with Gasteiger partial charge in [-0.3, -0.25) is 4.79 Å². The molecule has 2 bridgehead atoms. The molecule has 1 amide bonds. The first kappa shape index (κ1) is 23.4. The standard InChI is InChI=1S/C30H40N2O2/c1-4-16-31(3)20-24-17-23-10-11-25(34)18-27(23)30(24)26-12-14-29(30,2)15-13-28(26)32(21-33)19-22-8-6-5-7-9-22/h5-11,18,21,24,26,28,34H,4,12-17,19-20H2,1-3H3. The number of carbonyl (C=O) groups excluding carboxylic acids is 1. The van der Waals surface area contributed by atoms with Crippen LogP contribution in [0.1, 0.15) is 62.6 Å². The van der Waals surface area contributed by atoms with Crippen molar-refractivity contribution in [1.82, 2.24) is 9.80 Å². The second-order valence-corrected chi connectivity index (χ2v) is 11.4. The highest BCUT2D eigenvalue weighted by Crippen LogP contribution is 2.70. The molecular weight excluding hydrogens is 420 g/mol. The van der Waals surface area contributed by atoms with Crippen molar-refractivity contribution in [3.05, 3.63) is 65.2 Å². The van der Waals surface area contributed by atoms with Crippen molar-refractivity contribution in [3.8, 4) is 5.75 Å². The Morgan fingerprint density at radius 2 is 1.88 bits per heavy atom. The van der Waals surface area contributed by atoms with Gasteiger partial charge in [0.25, 0.3) is 0 Å². The summed E-state index contributed by atoms with van der Waals surface area (Å²) >= 11 is 0. The number of phenols is 1. The minimum atomic E-state index is 0.00391. The molecule has 3 aliphatic carbocycles. The van der Waals surface area contributed by atoms with Crippen LogP contribution in [0.15, 0.2) is 48.5 Å². The third-order valence-corrected chi connectivity index (χ3v) is 9.60. The van der Waals surface area contributed by atoms with Gasteiger partial charge >= 0.3 is 0 Å². The number of rotatable bonds is 8. The van der Waals surface area contributed by atoms with Crippen molar-refractivity contribution in [3.63, 3.8) is 0 Å². The number of fused-ring (bicyclic) bond motifs is 1. The molecule has 0 aliphatic heterocycles. The number of nitrogens with zero attached hydrogens (tertiary/aromatic N) is 2. The smallest absolute Gasteiger partial charge is 0.210 e. The fraction of sp³-hybridized carbons (Fsp3) is 0.567. The summed E-state index contributed by atoms with van der Waals surface area (Å²) in [5.41, 5.74) is 4.18. The molecule has 0 radical (unpaired) electrons. The summed E-state index contributed by atoms with van der Waals surface area (Å²) < 4.78 is 0. The third-order valence-electron chi connectivity index (χ3n) is 9.60. The van der Waals surface area contributed by atoms with Gasteiger partial charge in [0.2, 0.25) is 6.41 Å². The average Bonchev–Trinajstić information content (AvgIpc) is 3.22. The van der Waals surface area contributed by atoms with E-state index in [1.54, 1.807) is 0 Å². The van der Waals surface area contributed by atoms with Crippen molar-refractivity contribution in [1.29, 1.82) is 0 Å². The Bertz CT molecular complexity index is 1020. The quantitative estimate of drug-likeness (QED) is 0.538. The maximum Gasteiger partial charge on any atom is 0.210 e. The Kier molecular flexibility index (Phi) is 6.22. The van der Waals surface area contributed by atoms with Crippen molar-refractivity contribution in [2.75, 3.05) is 20.1 Å². The van der Waals surface area contributed by atoms with Gasteiger partial charge in [0, 0.05) is 24.5 Å². The Morgan fingerprint density at radius 1 is 1.12 bits per heavy atom. The lowest BCUT2D eigenvalue weighted by molar-refractivity contribution is -0.125. The normalized spacial score (nSPS) is 31.7. The second kappa shape index (κ2) is 9.03. The zero-order valence-corrected chi connectivity index (χ0v) is 21.0. The number of amides is 1. The highest BCUT2D eigenvalue weighted by molar-refractivity contribution is 5.52. The van der Waals surface area contributed by atoms with E-state index in [0.29, 0.717) is 24.1 Å². The van der Waals surface area contributed by atoms with Gasteiger partial charge in [-0.05, 0) is 98.2 Å². The number of benzene rings is 2. The monoisotopic (exact) mass is 460 g/mol. The van der Waals surface area contributed by atoms with Crippen molar-refractivity contribution in [2.24, 2.45) is 17.3 Å². The minimum absolute atomic E-state index is 0.00391. The number of phenolic OH excluding ortho intramolecular Hbond substituents is 1. The molecule has 4 nitrogen and oxygen atoms in total. The molecule has 4 heteroatoms. The van der Waals surface area contributed by atoms with Crippen LogP contribution >= 0.6 is 0 Å². The predicted molar refractivity (Wildman–Crippen MR) is 137 cm³/mol. The van der Waals surface area contributed by atoms with Crippen LogP contribution in [-0.4, -0.2) is 47.5 Å². The van der Waals surface area contributed by atoms with Crippen LogP contribution in [0.5, 0.6) is 5.75 Å². The molecule has 5 atom stereocenters. The van der Waals surface area contributed by atoms with E-state index >= 15 is 0 Å². The van der Waals surface area contributed by atoms with Gasteiger partial charge in [0.15, 0.2) is 0 Å². The van der Waals surface area contributed by atoms with E-state index in [1.165, 1.54) is 23.1 Å². The molecule has 2 aromatic rings. The van der Waals surface area contributed by atoms with Gasteiger partial charge in [-0.1, -0.05) is 50.2 Å². The number of hydrogen-bond donors (Lipinski definition) is 1. The summed E-state index contributed by atoms with van der Waals surface area (Å²) in [6, 6.07) is 16.7. The zero-order valence-electron chi connectivity index (χ0n) is 21.0. The Hall–Kier alpha value is -2.33. The SMILES string of the molecule is CCCN(C)CC1Cc2ccc(O)cc2C12C1CCC2(C)CCC1N(C=O)Cc1ccccc1. The number of hydrogen-bond acceptors (Lipinski definition) is 3. The van der Waals surface area contributed by atoms with Crippen molar-refractivity contribution in [2.45, 2.75) is 70.4 Å². The van der Waals surface area contributed by atoms with Gasteiger partial charge in [-0.25, -0.2) is 0 Å². The molecular formula is C30H40N2O2. The van der Waals surface area contributed by atoms with Gasteiger partial charge in [-0.2, -0.15) is 0 Å². The molecule has 2 saturated carbocycles. The van der Waals surface area contributed by atoms with E-state index in [9.17, 15) is 9.90 Å². The molecule has 0 saturated heterocycles. The lowest BCUT2D eigenvalue weighted by Gasteiger charge is -2.57. The lowest BCUT2D eigenvalue weighted by atomic mass is 9.50. The Balaban J connectivity index is 1.58. The average molecular weight is 461 g/mol. The van der Waals surface area contributed by atoms with Crippen LogP contribution in [0.3, 0.4) is 0 Å². The molecule has 182 valence electrons. The molecule has 34 heavy (non-hydrogen) atoms. The molecule has 5 rings (SSSR count). The van der Waals surface area contributed by atoms with E-state index in [4.69, 9.17) is 0 Å². The highest BCUT2D eigenvalue weighted by Gasteiger charge is 2.68. The number of carbonyl (C=O) groups is 1. The summed E-state index contributed by atoms with van der Waals surface area (Å²) in [5.74, 6) is 1.30. The van der Waals surface area contributed by atoms with Crippen molar-refractivity contribution < 1.29 is 9.90 Å². The fourth-order valence-electron chi connectivity index (χ4n) is 8.43. The fourth-order valence-corrected chi connectivity index (χ4v) is 8.43. The minimum Gasteiger partial charge on any atom is -0.508 e. The summed E-state index contributed by atoms with van der Waals surface area (Å²) in [4.78, 5) is 17.1. The van der Waals surface area contributed by atoms with E-state index in [1.807, 2.05) is 12.1 Å². The van der Waals surface area contributed by atoms with Crippen LogP contribution in [0, 0.1) is 17.3 Å². The van der Waals surface area contributed by atoms with Gasteiger partial charge in [0.05, 0.1) is 0 Å². The summed E-state index contributed by atoms with van der Waals surface area (Å²) in [6.07, 6.45) is 7.89. The molecule has 2 fully saturated rings. The Morgan fingerprint density at radius 3 is 2.62 bits per heavy atom. The third kappa shape index (κ3) is 3.57. The molecule has 1 spiro atoms. The van der Waals surface area contributed by atoms with E-state index in [-0.39, 0.29) is 16.9 Å². The van der Waals surface area contributed by atoms with Gasteiger partial charge < -0.3 is 14.9 Å². The van der Waals surface area contributed by atoms with Crippen molar-refractivity contribution >= 4 is 6.41 Å². The van der Waals surface area contributed by atoms with Crippen LogP contribution in [0.25, 0.3) is 0 Å². The van der Waals surface area contributed by atoms with E-state index < -0.39 is 0 Å². The maximum absolute atomic E-state index is 12.5.